The van der Waals surface area contributed by atoms with Crippen LogP contribution in [-0.2, 0) is 6.18 Å². The van der Waals surface area contributed by atoms with E-state index < -0.39 is 17.8 Å². The summed E-state index contributed by atoms with van der Waals surface area (Å²) in [5, 5.41) is 4.92. The van der Waals surface area contributed by atoms with Gasteiger partial charge in [0, 0.05) is 36.7 Å². The Morgan fingerprint density at radius 3 is 2.29 bits per heavy atom. The van der Waals surface area contributed by atoms with Crippen LogP contribution in [0.15, 0.2) is 66.9 Å². The van der Waals surface area contributed by atoms with Crippen LogP contribution in [0.2, 0.25) is 0 Å². The maximum atomic E-state index is 12.8. The number of pyridine rings is 1. The third kappa shape index (κ3) is 5.83. The zero-order valence-electron chi connectivity index (χ0n) is 17.9. The molecule has 0 unspecified atom stereocenters. The van der Waals surface area contributed by atoms with Crippen molar-refractivity contribution in [2.24, 2.45) is 0 Å². The summed E-state index contributed by atoms with van der Waals surface area (Å²) in [7, 11) is 0. The quantitative estimate of drug-likeness (QED) is 0.496. The van der Waals surface area contributed by atoms with Gasteiger partial charge in [-0.1, -0.05) is 6.07 Å². The lowest BCUT2D eigenvalue weighted by Crippen LogP contribution is -2.28. The first-order valence-electron chi connectivity index (χ1n) is 10.6. The molecule has 0 spiro atoms. The van der Waals surface area contributed by atoms with Gasteiger partial charge in [0.25, 0.3) is 5.91 Å². The third-order valence-corrected chi connectivity index (χ3v) is 5.14. The lowest BCUT2D eigenvalue weighted by atomic mass is 10.2. The number of hydrogen-bond acceptors (Lipinski definition) is 4. The van der Waals surface area contributed by atoms with Crippen LogP contribution in [0.4, 0.5) is 29.3 Å². The van der Waals surface area contributed by atoms with E-state index in [9.17, 15) is 22.8 Å². The van der Waals surface area contributed by atoms with Gasteiger partial charge in [0.15, 0.2) is 0 Å². The van der Waals surface area contributed by atoms with Gasteiger partial charge in [-0.3, -0.25) is 9.78 Å². The van der Waals surface area contributed by atoms with E-state index in [1.165, 1.54) is 18.3 Å². The molecule has 1 aromatic heterocycles. The average Bonchev–Trinajstić information content (AvgIpc) is 3.35. The van der Waals surface area contributed by atoms with Crippen molar-refractivity contribution in [1.82, 2.24) is 9.88 Å². The highest BCUT2D eigenvalue weighted by atomic mass is 19.4. The monoisotopic (exact) mass is 470 g/mol. The molecule has 0 aliphatic carbocycles. The van der Waals surface area contributed by atoms with Crippen LogP contribution in [0.3, 0.4) is 0 Å². The standard InChI is InChI=1S/C24H21F3N4O3/c25-24(26,27)16-4-3-5-18(14-16)30-23(33)29-17-6-8-19(9-7-17)34-20-10-11-28-21(15-20)22(32)31-12-1-2-13-31/h3-11,14-15H,1-2,12-13H2,(H2,29,30,33). The number of benzene rings is 2. The molecule has 3 amide bonds. The Bertz CT molecular complexity index is 1180. The number of hydrogen-bond donors (Lipinski definition) is 2. The molecular formula is C24H21F3N4O3. The number of alkyl halides is 3. The Morgan fingerprint density at radius 1 is 0.882 bits per heavy atom. The maximum Gasteiger partial charge on any atom is 0.416 e. The van der Waals surface area contributed by atoms with Crippen LogP contribution in [0.25, 0.3) is 0 Å². The summed E-state index contributed by atoms with van der Waals surface area (Å²) in [6, 6.07) is 13.3. The van der Waals surface area contributed by atoms with Crippen LogP contribution in [0, 0.1) is 0 Å². The van der Waals surface area contributed by atoms with Crippen LogP contribution in [0.5, 0.6) is 11.5 Å². The van der Waals surface area contributed by atoms with Gasteiger partial charge >= 0.3 is 12.2 Å². The van der Waals surface area contributed by atoms with Gasteiger partial charge in [0.1, 0.15) is 17.2 Å². The number of anilines is 2. The predicted molar refractivity (Wildman–Crippen MR) is 120 cm³/mol. The van der Waals surface area contributed by atoms with E-state index in [0.29, 0.717) is 22.9 Å². The van der Waals surface area contributed by atoms with Crippen molar-refractivity contribution in [3.8, 4) is 11.5 Å². The van der Waals surface area contributed by atoms with E-state index in [0.717, 1.165) is 38.1 Å². The second kappa shape index (κ2) is 9.82. The molecule has 34 heavy (non-hydrogen) atoms. The summed E-state index contributed by atoms with van der Waals surface area (Å²) in [4.78, 5) is 30.6. The molecule has 0 saturated carbocycles. The zero-order valence-corrected chi connectivity index (χ0v) is 17.9. The molecule has 2 aromatic carbocycles. The summed E-state index contributed by atoms with van der Waals surface area (Å²) in [6.45, 7) is 1.45. The van der Waals surface area contributed by atoms with E-state index in [2.05, 4.69) is 15.6 Å². The van der Waals surface area contributed by atoms with E-state index >= 15 is 0 Å². The minimum Gasteiger partial charge on any atom is -0.457 e. The maximum absolute atomic E-state index is 12.8. The normalized spacial score (nSPS) is 13.4. The molecular weight excluding hydrogens is 449 g/mol. The molecule has 7 nitrogen and oxygen atoms in total. The number of halogens is 3. The van der Waals surface area contributed by atoms with E-state index in [4.69, 9.17) is 4.74 Å². The van der Waals surface area contributed by atoms with Crippen molar-refractivity contribution < 1.29 is 27.5 Å². The number of carbonyl (C=O) groups excluding carboxylic acids is 2. The molecule has 1 aliphatic heterocycles. The minimum absolute atomic E-state index is 0.0178. The van der Waals surface area contributed by atoms with E-state index in [1.54, 1.807) is 41.3 Å². The molecule has 4 rings (SSSR count). The number of nitrogens with zero attached hydrogens (tertiary/aromatic N) is 2. The fourth-order valence-electron chi connectivity index (χ4n) is 3.48. The number of aromatic nitrogens is 1. The van der Waals surface area contributed by atoms with Gasteiger partial charge in [-0.25, -0.2) is 4.79 Å². The molecule has 3 aromatic rings. The zero-order chi connectivity index (χ0) is 24.1. The van der Waals surface area contributed by atoms with Gasteiger partial charge < -0.3 is 20.3 Å². The fourth-order valence-corrected chi connectivity index (χ4v) is 3.48. The Balaban J connectivity index is 1.35. The molecule has 1 fully saturated rings. The number of rotatable bonds is 5. The van der Waals surface area contributed by atoms with Crippen LogP contribution in [0.1, 0.15) is 28.9 Å². The highest BCUT2D eigenvalue weighted by Gasteiger charge is 2.30. The number of ether oxygens (including phenoxy) is 1. The average molecular weight is 470 g/mol. The van der Waals surface area contributed by atoms with Crippen LogP contribution < -0.4 is 15.4 Å². The first-order valence-corrected chi connectivity index (χ1v) is 10.6. The molecule has 0 radical (unpaired) electrons. The molecule has 1 aliphatic rings. The lowest BCUT2D eigenvalue weighted by Gasteiger charge is -2.15. The lowest BCUT2D eigenvalue weighted by molar-refractivity contribution is -0.137. The molecule has 10 heteroatoms. The van der Waals surface area contributed by atoms with Gasteiger partial charge in [0.05, 0.1) is 5.56 Å². The van der Waals surface area contributed by atoms with Gasteiger partial charge in [-0.2, -0.15) is 13.2 Å². The van der Waals surface area contributed by atoms with Crippen molar-refractivity contribution in [2.75, 3.05) is 23.7 Å². The first-order chi connectivity index (χ1) is 16.3. The SMILES string of the molecule is O=C(Nc1ccc(Oc2ccnc(C(=O)N3CCCC3)c2)cc1)Nc1cccc(C(F)(F)F)c1. The Labute approximate surface area is 193 Å². The fraction of sp³-hybridized carbons (Fsp3) is 0.208. The largest absolute Gasteiger partial charge is 0.457 e. The van der Waals surface area contributed by atoms with Gasteiger partial charge in [-0.05, 0) is 61.4 Å². The topological polar surface area (TPSA) is 83.6 Å². The summed E-state index contributed by atoms with van der Waals surface area (Å²) in [5.74, 6) is 0.782. The number of urea groups is 1. The van der Waals surface area contributed by atoms with Crippen molar-refractivity contribution in [3.63, 3.8) is 0 Å². The summed E-state index contributed by atoms with van der Waals surface area (Å²) < 4.78 is 44.2. The van der Waals surface area contributed by atoms with E-state index in [1.807, 2.05) is 0 Å². The number of amides is 3. The Morgan fingerprint density at radius 2 is 1.59 bits per heavy atom. The second-order valence-corrected chi connectivity index (χ2v) is 7.66. The molecule has 0 bridgehead atoms. The third-order valence-electron chi connectivity index (χ3n) is 5.14. The summed E-state index contributed by atoms with van der Waals surface area (Å²) in [5.41, 5.74) is -0.113. The minimum atomic E-state index is -4.50. The Hall–Kier alpha value is -4.08. The molecule has 2 heterocycles. The highest BCUT2D eigenvalue weighted by Crippen LogP contribution is 2.30. The van der Waals surface area contributed by atoms with Crippen molar-refractivity contribution in [2.45, 2.75) is 19.0 Å². The van der Waals surface area contributed by atoms with Crippen molar-refractivity contribution in [3.05, 3.63) is 78.1 Å². The van der Waals surface area contributed by atoms with Gasteiger partial charge in [-0.15, -0.1) is 0 Å². The number of carbonyl (C=O) groups is 2. The molecule has 2 N–H and O–H groups in total. The molecule has 0 atom stereocenters. The Kier molecular flexibility index (Phi) is 6.67. The predicted octanol–water partition coefficient (Wildman–Crippen LogP) is 5.77. The summed E-state index contributed by atoms with van der Waals surface area (Å²) >= 11 is 0. The summed E-state index contributed by atoms with van der Waals surface area (Å²) in [6.07, 6.45) is -1.02. The number of nitrogens with one attached hydrogen (secondary N) is 2. The first kappa shape index (κ1) is 23.1. The molecule has 1 saturated heterocycles. The van der Waals surface area contributed by atoms with Crippen molar-refractivity contribution >= 4 is 23.3 Å². The molecule has 176 valence electrons. The van der Waals surface area contributed by atoms with Crippen LogP contribution >= 0.6 is 0 Å². The number of likely N-dealkylation sites (tertiary alicyclic amines) is 1. The second-order valence-electron chi connectivity index (χ2n) is 7.66. The van der Waals surface area contributed by atoms with Crippen molar-refractivity contribution in [1.29, 1.82) is 0 Å². The smallest absolute Gasteiger partial charge is 0.416 e. The van der Waals surface area contributed by atoms with Crippen LogP contribution in [-0.4, -0.2) is 34.9 Å². The van der Waals surface area contributed by atoms with Gasteiger partial charge in [0.2, 0.25) is 0 Å². The van der Waals surface area contributed by atoms with E-state index in [-0.39, 0.29) is 11.6 Å². The highest BCUT2D eigenvalue weighted by molar-refractivity contribution is 5.99.